The maximum atomic E-state index is 12.3. The molecule has 5 aliphatic rings. The molecule has 0 saturated carbocycles. The quantitative estimate of drug-likeness (QED) is 0.0816. The molecular formula is C30H42O31. The summed E-state index contributed by atoms with van der Waals surface area (Å²) in [7, 11) is 0. The van der Waals surface area contributed by atoms with Crippen molar-refractivity contribution < 1.29 is 153 Å². The molecule has 0 unspecified atom stereocenters. The molecule has 0 spiro atoms. The van der Waals surface area contributed by atoms with Crippen molar-refractivity contribution in [2.45, 2.75) is 154 Å². The van der Waals surface area contributed by atoms with E-state index in [2.05, 4.69) is 4.74 Å². The van der Waals surface area contributed by atoms with Gasteiger partial charge in [-0.2, -0.15) is 0 Å². The summed E-state index contributed by atoms with van der Waals surface area (Å²) in [5.41, 5.74) is 0. The van der Waals surface area contributed by atoms with Gasteiger partial charge in [-0.05, 0) is 0 Å². The number of aliphatic hydroxyl groups is 12. The second-order valence-electron chi connectivity index (χ2n) is 14.1. The summed E-state index contributed by atoms with van der Waals surface area (Å²) in [6.45, 7) is 0. The van der Waals surface area contributed by atoms with Crippen LogP contribution in [0.1, 0.15) is 0 Å². The molecule has 61 heavy (non-hydrogen) atoms. The van der Waals surface area contributed by atoms with Gasteiger partial charge < -0.3 is 129 Å². The standard InChI is InChI=1S/C30H42O31/c31-1-2(32)16(21(42)43)58-27(8(1)38)55-13-4(34)10(40)29(60-18(13)23(46)47)57-15-6(36)11(41)30(61-20(15)25(50)51)56-14-5(35)9(39)28(59-19(14)24(48)49)54-12-3(33)7(37)26(52)53-17(12)22(44)45/h1-20,26-41,52H,(H,42,43)(H,44,45)(H,46,47)(H,48,49)(H,50,51)/t1-,2+,3+,4+,5+,6+,7+,8+,9+,10+,11+,12+,13+,14+,15+,16-,17-,18-,19-,20-,26-,27-,28-,29-,30-/m0/s1. The van der Waals surface area contributed by atoms with Crippen LogP contribution in [-0.4, -0.2) is 270 Å². The van der Waals surface area contributed by atoms with Crippen molar-refractivity contribution in [3.8, 4) is 0 Å². The van der Waals surface area contributed by atoms with E-state index in [0.717, 1.165) is 0 Å². The topological polar surface area (TPSA) is 512 Å². The monoisotopic (exact) mass is 898 g/mol. The summed E-state index contributed by atoms with van der Waals surface area (Å²) in [5, 5.41) is 174. The highest BCUT2D eigenvalue weighted by Gasteiger charge is 2.59. The molecule has 0 bridgehead atoms. The SMILES string of the molecule is O=C(O)[C@H]1O[C@H](O[C@@H]2[C@H](O)[C@@H](O)[C@@H](O[C@@H]3[C@H](O)[C@@H](O)[C@@H](O[C@@H]4[C@H](O)[C@@H](O)[C@@H](O[C@@H]5[C@H](O)[C@@H](O)[C@@H](O)O[C@@H]5C(=O)O)O[C@@H]4C(=O)O)O[C@@H]3C(=O)O)O[C@@H]2C(=O)O)[C@H](O)[C@@H](O)[C@H]1O. The lowest BCUT2D eigenvalue weighted by atomic mass is 9.95. The van der Waals surface area contributed by atoms with E-state index >= 15 is 0 Å². The van der Waals surface area contributed by atoms with Crippen LogP contribution in [0.4, 0.5) is 0 Å². The molecule has 5 fully saturated rings. The number of carboxylic acids is 5. The van der Waals surface area contributed by atoms with Crippen molar-refractivity contribution in [1.29, 1.82) is 0 Å². The van der Waals surface area contributed by atoms with Crippen LogP contribution in [0.25, 0.3) is 0 Å². The normalized spacial score (nSPS) is 49.4. The van der Waals surface area contributed by atoms with Gasteiger partial charge >= 0.3 is 29.8 Å². The van der Waals surface area contributed by atoms with Gasteiger partial charge in [-0.3, -0.25) is 0 Å². The largest absolute Gasteiger partial charge is 0.479 e. The second-order valence-corrected chi connectivity index (χ2v) is 14.1. The number of carbonyl (C=O) groups is 5. The average Bonchev–Trinajstić information content (AvgIpc) is 3.18. The van der Waals surface area contributed by atoms with Crippen molar-refractivity contribution in [3.63, 3.8) is 0 Å². The van der Waals surface area contributed by atoms with Crippen LogP contribution in [0, 0.1) is 0 Å². The molecule has 0 radical (unpaired) electrons. The molecular weight excluding hydrogens is 856 g/mol. The van der Waals surface area contributed by atoms with Crippen LogP contribution in [-0.2, 0) is 66.6 Å². The fraction of sp³-hybridized carbons (Fsp3) is 0.833. The lowest BCUT2D eigenvalue weighted by Crippen LogP contribution is -2.69. The van der Waals surface area contributed by atoms with Gasteiger partial charge in [0.25, 0.3) is 0 Å². The van der Waals surface area contributed by atoms with Gasteiger partial charge in [0.15, 0.2) is 62.0 Å². The first-order valence-corrected chi connectivity index (χ1v) is 17.6. The molecule has 0 amide bonds. The zero-order valence-corrected chi connectivity index (χ0v) is 30.3. The van der Waals surface area contributed by atoms with Crippen molar-refractivity contribution in [2.75, 3.05) is 0 Å². The van der Waals surface area contributed by atoms with Crippen molar-refractivity contribution in [2.24, 2.45) is 0 Å². The van der Waals surface area contributed by atoms with Gasteiger partial charge in [-0.25, -0.2) is 24.0 Å². The molecule has 0 aromatic carbocycles. The summed E-state index contributed by atoms with van der Waals surface area (Å²) < 4.78 is 45.9. The Labute approximate surface area is 337 Å². The third kappa shape index (κ3) is 9.56. The molecule has 0 aromatic heterocycles. The number of rotatable bonds is 13. The fourth-order valence-corrected chi connectivity index (χ4v) is 6.88. The zero-order valence-electron chi connectivity index (χ0n) is 30.3. The second kappa shape index (κ2) is 19.1. The fourth-order valence-electron chi connectivity index (χ4n) is 6.88. The Hall–Kier alpha value is -3.49. The van der Waals surface area contributed by atoms with Crippen LogP contribution in [0.5, 0.6) is 0 Å². The van der Waals surface area contributed by atoms with Gasteiger partial charge in [0, 0.05) is 0 Å². The Morgan fingerprint density at radius 1 is 0.279 bits per heavy atom. The van der Waals surface area contributed by atoms with Crippen LogP contribution in [0.3, 0.4) is 0 Å². The van der Waals surface area contributed by atoms with Crippen LogP contribution in [0.2, 0.25) is 0 Å². The molecule has 17 N–H and O–H groups in total. The number of aliphatic hydroxyl groups excluding tert-OH is 12. The number of hydrogen-bond acceptors (Lipinski definition) is 26. The van der Waals surface area contributed by atoms with Gasteiger partial charge in [0.05, 0.1) is 0 Å². The highest BCUT2D eigenvalue weighted by atomic mass is 16.8. The van der Waals surface area contributed by atoms with Crippen molar-refractivity contribution in [1.82, 2.24) is 0 Å². The van der Waals surface area contributed by atoms with E-state index in [4.69, 9.17) is 37.9 Å². The maximum Gasteiger partial charge on any atom is 0.335 e. The molecule has 0 aliphatic carbocycles. The molecule has 348 valence electrons. The summed E-state index contributed by atoms with van der Waals surface area (Å²) in [6, 6.07) is 0. The van der Waals surface area contributed by atoms with Gasteiger partial charge in [0.2, 0.25) is 0 Å². The Morgan fingerprint density at radius 2 is 0.508 bits per heavy atom. The minimum absolute atomic E-state index is 1.87. The van der Waals surface area contributed by atoms with Crippen molar-refractivity contribution in [3.05, 3.63) is 0 Å². The minimum Gasteiger partial charge on any atom is -0.479 e. The predicted octanol–water partition coefficient (Wildman–Crippen LogP) is -11.5. The smallest absolute Gasteiger partial charge is 0.335 e. The lowest BCUT2D eigenvalue weighted by Gasteiger charge is -2.48. The first-order chi connectivity index (χ1) is 28.4. The first kappa shape index (κ1) is 48.5. The molecule has 5 rings (SSSR count). The summed E-state index contributed by atoms with van der Waals surface area (Å²) in [5.74, 6) is -9.88. The van der Waals surface area contributed by atoms with E-state index in [1.807, 2.05) is 0 Å². The van der Waals surface area contributed by atoms with Crippen LogP contribution < -0.4 is 0 Å². The Balaban J connectivity index is 1.30. The Bertz CT molecular complexity index is 1600. The summed E-state index contributed by atoms with van der Waals surface area (Å²) in [4.78, 5) is 59.9. The number of aliphatic carboxylic acids is 5. The molecule has 5 aliphatic heterocycles. The van der Waals surface area contributed by atoms with E-state index < -0.39 is 183 Å². The number of hydrogen-bond donors (Lipinski definition) is 17. The summed E-state index contributed by atoms with van der Waals surface area (Å²) in [6.07, 6.45) is -59.6. The van der Waals surface area contributed by atoms with Crippen LogP contribution in [0.15, 0.2) is 0 Å². The molecule has 5 saturated heterocycles. The Morgan fingerprint density at radius 3 is 0.787 bits per heavy atom. The van der Waals surface area contributed by atoms with Gasteiger partial charge in [-0.1, -0.05) is 0 Å². The molecule has 25 atom stereocenters. The Kier molecular flexibility index (Phi) is 15.2. The molecule has 0 aromatic rings. The van der Waals surface area contributed by atoms with E-state index in [0.29, 0.717) is 0 Å². The van der Waals surface area contributed by atoms with E-state index in [-0.39, 0.29) is 0 Å². The predicted molar refractivity (Wildman–Crippen MR) is 169 cm³/mol. The zero-order chi connectivity index (χ0) is 45.7. The maximum absolute atomic E-state index is 12.3. The summed E-state index contributed by atoms with van der Waals surface area (Å²) >= 11 is 0. The van der Waals surface area contributed by atoms with Crippen LogP contribution >= 0.6 is 0 Å². The third-order valence-corrected chi connectivity index (χ3v) is 10.1. The highest BCUT2D eigenvalue weighted by molar-refractivity contribution is 5.75. The van der Waals surface area contributed by atoms with Gasteiger partial charge in [-0.15, -0.1) is 0 Å². The van der Waals surface area contributed by atoms with Crippen molar-refractivity contribution >= 4 is 29.8 Å². The van der Waals surface area contributed by atoms with E-state index in [1.54, 1.807) is 0 Å². The number of carboxylic acid groups (broad SMARTS) is 5. The minimum atomic E-state index is -2.56. The highest BCUT2D eigenvalue weighted by Crippen LogP contribution is 2.36. The third-order valence-electron chi connectivity index (χ3n) is 10.1. The molecule has 5 heterocycles. The first-order valence-electron chi connectivity index (χ1n) is 17.6. The van der Waals surface area contributed by atoms with Gasteiger partial charge in [0.1, 0.15) is 91.6 Å². The molecule has 31 heteroatoms. The number of ether oxygens (including phenoxy) is 9. The average molecular weight is 899 g/mol. The van der Waals surface area contributed by atoms with E-state index in [9.17, 15) is 111 Å². The lowest BCUT2D eigenvalue weighted by molar-refractivity contribution is -0.383. The molecule has 31 nitrogen and oxygen atoms in total. The van der Waals surface area contributed by atoms with E-state index in [1.165, 1.54) is 0 Å².